The molecule has 0 saturated carbocycles. The lowest BCUT2D eigenvalue weighted by Gasteiger charge is -2.17. The van der Waals surface area contributed by atoms with Gasteiger partial charge in [-0.25, -0.2) is 17.9 Å². The van der Waals surface area contributed by atoms with Crippen LogP contribution in [0, 0.1) is 0 Å². The Hall–Kier alpha value is -3.12. The summed E-state index contributed by atoms with van der Waals surface area (Å²) in [5.74, 6) is -2.07. The van der Waals surface area contributed by atoms with Crippen molar-refractivity contribution < 1.29 is 40.7 Å². The maximum Gasteiger partial charge on any atom is 0.418 e. The van der Waals surface area contributed by atoms with Crippen LogP contribution in [0.25, 0.3) is 0 Å². The molecule has 0 saturated heterocycles. The second-order valence-electron chi connectivity index (χ2n) is 7.22. The lowest BCUT2D eigenvalue weighted by molar-refractivity contribution is -0.137. The first-order valence-corrected chi connectivity index (χ1v) is 11.1. The normalized spacial score (nSPS) is 12.8. The van der Waals surface area contributed by atoms with Crippen molar-refractivity contribution in [3.8, 4) is 5.75 Å². The molecular weight excluding hydrogens is 465 g/mol. The molecule has 2 aromatic rings. The molecule has 0 fully saturated rings. The summed E-state index contributed by atoms with van der Waals surface area (Å²) in [5.41, 5.74) is -1.75. The molecule has 0 bridgehead atoms. The second-order valence-corrected chi connectivity index (χ2v) is 8.90. The third-order valence-corrected chi connectivity index (χ3v) is 5.90. The number of halogens is 3. The predicted octanol–water partition coefficient (Wildman–Crippen LogP) is 3.58. The summed E-state index contributed by atoms with van der Waals surface area (Å²) in [6.07, 6.45) is -6.17. The van der Waals surface area contributed by atoms with Gasteiger partial charge < -0.3 is 14.8 Å². The van der Waals surface area contributed by atoms with Crippen molar-refractivity contribution in [3.63, 3.8) is 0 Å². The van der Waals surface area contributed by atoms with Crippen LogP contribution in [-0.4, -0.2) is 39.5 Å². The molecule has 0 aliphatic heterocycles. The summed E-state index contributed by atoms with van der Waals surface area (Å²) < 4.78 is 76.8. The fourth-order valence-electron chi connectivity index (χ4n) is 2.74. The van der Waals surface area contributed by atoms with E-state index in [0.29, 0.717) is 0 Å². The molecule has 0 aromatic heterocycles. The van der Waals surface area contributed by atoms with Crippen LogP contribution in [0.1, 0.15) is 36.7 Å². The van der Waals surface area contributed by atoms with Crippen molar-refractivity contribution in [3.05, 3.63) is 53.6 Å². The topological polar surface area (TPSA) is 111 Å². The van der Waals surface area contributed by atoms with Crippen molar-refractivity contribution in [1.29, 1.82) is 0 Å². The van der Waals surface area contributed by atoms with Crippen LogP contribution < -0.4 is 14.8 Å². The summed E-state index contributed by atoms with van der Waals surface area (Å²) in [6.45, 7) is 4.39. The van der Waals surface area contributed by atoms with Gasteiger partial charge in [0.05, 0.1) is 23.9 Å². The van der Waals surface area contributed by atoms with E-state index in [0.717, 1.165) is 18.2 Å². The molecule has 180 valence electrons. The fourth-order valence-corrected chi connectivity index (χ4v) is 4.19. The number of carbonyl (C=O) groups is 2. The predicted molar refractivity (Wildman–Crippen MR) is 113 cm³/mol. The Morgan fingerprint density at radius 3 is 2.24 bits per heavy atom. The number of rotatable bonds is 8. The minimum atomic E-state index is -4.70. The molecule has 1 atom stereocenters. The van der Waals surface area contributed by atoms with Crippen LogP contribution in [0.4, 0.5) is 18.9 Å². The Kier molecular flexibility index (Phi) is 8.09. The number of sulfonamides is 1. The van der Waals surface area contributed by atoms with Crippen LogP contribution in [0.5, 0.6) is 5.75 Å². The van der Waals surface area contributed by atoms with Gasteiger partial charge in [-0.2, -0.15) is 13.2 Å². The Bertz CT molecular complexity index is 1130. The number of carbonyl (C=O) groups excluding carboxylic acids is 2. The minimum absolute atomic E-state index is 0.0192. The average molecular weight is 488 g/mol. The van der Waals surface area contributed by atoms with Crippen LogP contribution in [-0.2, 0) is 25.7 Å². The molecule has 0 aliphatic carbocycles. The third kappa shape index (κ3) is 6.68. The molecule has 12 heteroatoms. The number of para-hydroxylation sites is 1. The van der Waals surface area contributed by atoms with Gasteiger partial charge >= 0.3 is 12.1 Å². The average Bonchev–Trinajstić information content (AvgIpc) is 2.71. The first kappa shape index (κ1) is 26.1. The van der Waals surface area contributed by atoms with Gasteiger partial charge in [-0.3, -0.25) is 4.79 Å². The zero-order chi connectivity index (χ0) is 25.0. The van der Waals surface area contributed by atoms with Crippen molar-refractivity contribution in [2.24, 2.45) is 0 Å². The van der Waals surface area contributed by atoms with E-state index in [1.807, 2.05) is 0 Å². The van der Waals surface area contributed by atoms with Crippen molar-refractivity contribution in [2.45, 2.75) is 44.0 Å². The quantitative estimate of drug-likeness (QED) is 0.550. The van der Waals surface area contributed by atoms with E-state index in [-0.39, 0.29) is 16.2 Å². The number of hydrogen-bond donors (Lipinski definition) is 2. The first-order chi connectivity index (χ1) is 15.3. The summed E-state index contributed by atoms with van der Waals surface area (Å²) >= 11 is 0. The van der Waals surface area contributed by atoms with Crippen molar-refractivity contribution in [2.75, 3.05) is 12.4 Å². The van der Waals surface area contributed by atoms with Gasteiger partial charge in [-0.05, 0) is 51.1 Å². The minimum Gasteiger partial charge on any atom is -0.495 e. The Morgan fingerprint density at radius 2 is 1.67 bits per heavy atom. The number of alkyl halides is 3. The van der Waals surface area contributed by atoms with Gasteiger partial charge in [-0.1, -0.05) is 12.1 Å². The van der Waals surface area contributed by atoms with Gasteiger partial charge in [0, 0.05) is 6.04 Å². The summed E-state index contributed by atoms with van der Waals surface area (Å²) in [4.78, 5) is 24.5. The standard InChI is InChI=1S/C21H23F3N2O6S/c1-12(2)26-33(29,30)18-11-14(9-10-17(18)31-4)20(28)32-13(3)19(27)25-16-8-6-5-7-15(16)21(22,23)24/h5-13,26H,1-4H3,(H,25,27). The SMILES string of the molecule is COc1ccc(C(=O)OC(C)C(=O)Nc2ccccc2C(F)(F)F)cc1S(=O)(=O)NC(C)C. The Balaban J connectivity index is 2.22. The highest BCUT2D eigenvalue weighted by Gasteiger charge is 2.34. The molecule has 0 heterocycles. The molecule has 0 aliphatic rings. The zero-order valence-corrected chi connectivity index (χ0v) is 19.0. The van der Waals surface area contributed by atoms with Crippen molar-refractivity contribution in [1.82, 2.24) is 4.72 Å². The number of benzene rings is 2. The molecule has 8 nitrogen and oxygen atoms in total. The first-order valence-electron chi connectivity index (χ1n) is 9.64. The van der Waals surface area contributed by atoms with E-state index in [1.165, 1.54) is 38.3 Å². The number of nitrogens with one attached hydrogen (secondary N) is 2. The number of ether oxygens (including phenoxy) is 2. The number of hydrogen-bond acceptors (Lipinski definition) is 6. The molecule has 1 unspecified atom stereocenters. The molecule has 2 rings (SSSR count). The maximum atomic E-state index is 13.1. The van der Waals surface area contributed by atoms with E-state index in [2.05, 4.69) is 10.0 Å². The molecular formula is C21H23F3N2O6S. The zero-order valence-electron chi connectivity index (χ0n) is 18.2. The Labute approximate surface area is 189 Å². The molecule has 1 amide bonds. The number of amides is 1. The third-order valence-electron chi connectivity index (χ3n) is 4.22. The van der Waals surface area contributed by atoms with Gasteiger partial charge in [0.2, 0.25) is 10.0 Å². The lowest BCUT2D eigenvalue weighted by atomic mass is 10.1. The van der Waals surface area contributed by atoms with Gasteiger partial charge in [-0.15, -0.1) is 0 Å². The van der Waals surface area contributed by atoms with Crippen LogP contribution in [0.15, 0.2) is 47.4 Å². The smallest absolute Gasteiger partial charge is 0.418 e. The number of anilines is 1. The van der Waals surface area contributed by atoms with Gasteiger partial charge in [0.25, 0.3) is 5.91 Å². The van der Waals surface area contributed by atoms with Crippen molar-refractivity contribution >= 4 is 27.6 Å². The van der Waals surface area contributed by atoms with Crippen LogP contribution in [0.3, 0.4) is 0 Å². The summed E-state index contributed by atoms with van der Waals surface area (Å²) in [6, 6.07) is 7.43. The highest BCUT2D eigenvalue weighted by atomic mass is 32.2. The van der Waals surface area contributed by atoms with E-state index in [4.69, 9.17) is 9.47 Å². The highest BCUT2D eigenvalue weighted by molar-refractivity contribution is 7.89. The summed E-state index contributed by atoms with van der Waals surface area (Å²) in [5, 5.41) is 2.09. The fraction of sp³-hybridized carbons (Fsp3) is 0.333. The monoisotopic (exact) mass is 488 g/mol. The van der Waals surface area contributed by atoms with E-state index < -0.39 is 51.5 Å². The number of esters is 1. The van der Waals surface area contributed by atoms with Crippen LogP contribution in [0.2, 0.25) is 0 Å². The lowest BCUT2D eigenvalue weighted by Crippen LogP contribution is -2.31. The van der Waals surface area contributed by atoms with Crippen LogP contribution >= 0.6 is 0 Å². The van der Waals surface area contributed by atoms with Gasteiger partial charge in [0.15, 0.2) is 6.10 Å². The number of methoxy groups -OCH3 is 1. The molecule has 0 spiro atoms. The van der Waals surface area contributed by atoms with Gasteiger partial charge in [0.1, 0.15) is 10.6 Å². The Morgan fingerprint density at radius 1 is 1.03 bits per heavy atom. The van der Waals surface area contributed by atoms with E-state index >= 15 is 0 Å². The highest BCUT2D eigenvalue weighted by Crippen LogP contribution is 2.34. The van der Waals surface area contributed by atoms with E-state index in [9.17, 15) is 31.2 Å². The largest absolute Gasteiger partial charge is 0.495 e. The summed E-state index contributed by atoms with van der Waals surface area (Å²) in [7, 11) is -2.77. The molecule has 33 heavy (non-hydrogen) atoms. The molecule has 2 aromatic carbocycles. The molecule has 0 radical (unpaired) electrons. The van der Waals surface area contributed by atoms with E-state index in [1.54, 1.807) is 13.8 Å². The maximum absolute atomic E-state index is 13.1. The molecule has 2 N–H and O–H groups in total. The second kappa shape index (κ2) is 10.2.